The highest BCUT2D eigenvalue weighted by Crippen LogP contribution is 2.38. The van der Waals surface area contributed by atoms with E-state index >= 15 is 0 Å². The van der Waals surface area contributed by atoms with Gasteiger partial charge in [-0.2, -0.15) is 0 Å². The summed E-state index contributed by atoms with van der Waals surface area (Å²) >= 11 is 0. The third kappa shape index (κ3) is 7.69. The molecule has 0 saturated carbocycles. The summed E-state index contributed by atoms with van der Waals surface area (Å²) in [6.07, 6.45) is 18.1. The monoisotopic (exact) mass is 645 g/mol. The van der Waals surface area contributed by atoms with E-state index in [1.54, 1.807) is 0 Å². The lowest BCUT2D eigenvalue weighted by Crippen LogP contribution is -2.26. The van der Waals surface area contributed by atoms with E-state index in [1.165, 1.54) is 44.3 Å². The molecule has 0 aliphatic heterocycles. The zero-order chi connectivity index (χ0) is 34.9. The fourth-order valence-electron chi connectivity index (χ4n) is 6.17. The van der Waals surface area contributed by atoms with E-state index in [2.05, 4.69) is 135 Å². The second-order valence-electron chi connectivity index (χ2n) is 12.2. The molecule has 1 aromatic heterocycles. The number of nitrogens with two attached hydrogens (primary N) is 3. The van der Waals surface area contributed by atoms with Crippen LogP contribution >= 0.6 is 0 Å². The lowest BCUT2D eigenvalue weighted by molar-refractivity contribution is 0.811. The summed E-state index contributed by atoms with van der Waals surface area (Å²) in [4.78, 5) is 0. The molecule has 0 spiro atoms. The van der Waals surface area contributed by atoms with Gasteiger partial charge in [0.2, 0.25) is 0 Å². The van der Waals surface area contributed by atoms with Crippen molar-refractivity contribution in [1.82, 2.24) is 9.88 Å². The quantitative estimate of drug-likeness (QED) is 0.0758. The number of para-hydroxylation sites is 1. The largest absolute Gasteiger partial charge is 0.405 e. The van der Waals surface area contributed by atoms with Crippen molar-refractivity contribution in [1.29, 1.82) is 0 Å². The molecule has 1 heterocycles. The summed E-state index contributed by atoms with van der Waals surface area (Å²) in [7, 11) is 0. The second-order valence-corrected chi connectivity index (χ2v) is 12.2. The summed E-state index contributed by atoms with van der Waals surface area (Å²) in [5.74, 6) is 0. The molecular formula is C44H47N5. The minimum atomic E-state index is -0.0275. The van der Waals surface area contributed by atoms with Gasteiger partial charge in [0.15, 0.2) is 0 Å². The number of benzene rings is 4. The van der Waals surface area contributed by atoms with E-state index in [0.29, 0.717) is 12.2 Å². The molecule has 0 bridgehead atoms. The van der Waals surface area contributed by atoms with E-state index < -0.39 is 0 Å². The van der Waals surface area contributed by atoms with Gasteiger partial charge in [-0.1, -0.05) is 103 Å². The Balaban J connectivity index is 1.58. The second kappa shape index (κ2) is 15.9. The first-order valence-electron chi connectivity index (χ1n) is 16.7. The number of aromatic nitrogens is 1. The maximum absolute atomic E-state index is 6.27. The number of hydrogen-bond donors (Lipinski definition) is 4. The van der Waals surface area contributed by atoms with Crippen LogP contribution in [0.15, 0.2) is 169 Å². The maximum Gasteiger partial charge on any atom is 0.0655 e. The van der Waals surface area contributed by atoms with E-state index in [0.717, 1.165) is 40.1 Å². The first kappa shape index (κ1) is 34.6. The third-order valence-corrected chi connectivity index (χ3v) is 8.80. The third-order valence-electron chi connectivity index (χ3n) is 8.80. The molecule has 5 aromatic rings. The molecule has 0 aliphatic rings. The van der Waals surface area contributed by atoms with Gasteiger partial charge in [0.1, 0.15) is 0 Å². The Morgan fingerprint density at radius 1 is 0.959 bits per heavy atom. The SMILES string of the molecule is C=CC(N/C(=C\C)c1ccc2c(ccc3c4ccc(C/C=C(C)\C=C(/N)C(=C)/C=C\CN)cc4n(-c4ccccc4)c23)c1)/C(C)=C/C=C\N. The first-order valence-corrected chi connectivity index (χ1v) is 16.7. The normalized spacial score (nSPS) is 14.0. The average Bonchev–Trinajstić information content (AvgIpc) is 3.46. The lowest BCUT2D eigenvalue weighted by atomic mass is 10.0. The smallest absolute Gasteiger partial charge is 0.0655 e. The van der Waals surface area contributed by atoms with Gasteiger partial charge in [0.05, 0.1) is 17.1 Å². The first-order chi connectivity index (χ1) is 23.8. The predicted octanol–water partition coefficient (Wildman–Crippen LogP) is 9.26. The summed E-state index contributed by atoms with van der Waals surface area (Å²) < 4.78 is 2.40. The summed E-state index contributed by atoms with van der Waals surface area (Å²) in [6.45, 7) is 14.8. The van der Waals surface area contributed by atoms with Gasteiger partial charge in [-0.3, -0.25) is 0 Å². The van der Waals surface area contributed by atoms with Crippen LogP contribution in [0.4, 0.5) is 0 Å². The van der Waals surface area contributed by atoms with Crippen molar-refractivity contribution in [2.45, 2.75) is 33.2 Å². The van der Waals surface area contributed by atoms with E-state index in [9.17, 15) is 0 Å². The molecular weight excluding hydrogens is 599 g/mol. The molecule has 5 heteroatoms. The number of nitrogens with zero attached hydrogens (tertiary/aromatic N) is 1. The molecule has 1 unspecified atom stereocenters. The van der Waals surface area contributed by atoms with Crippen LogP contribution in [0.1, 0.15) is 31.9 Å². The van der Waals surface area contributed by atoms with Crippen molar-refractivity contribution in [2.24, 2.45) is 17.2 Å². The lowest BCUT2D eigenvalue weighted by Gasteiger charge is -2.20. The molecule has 1 atom stereocenters. The van der Waals surface area contributed by atoms with E-state index in [-0.39, 0.29) is 6.04 Å². The number of allylic oxidation sites excluding steroid dienone is 7. The maximum atomic E-state index is 6.27. The topological polar surface area (TPSA) is 95.0 Å². The van der Waals surface area contributed by atoms with Crippen molar-refractivity contribution in [3.63, 3.8) is 0 Å². The van der Waals surface area contributed by atoms with Crippen LogP contribution in [0.2, 0.25) is 0 Å². The van der Waals surface area contributed by atoms with Crippen molar-refractivity contribution in [3.05, 3.63) is 180 Å². The molecule has 4 aromatic carbocycles. The number of hydrogen-bond acceptors (Lipinski definition) is 4. The Labute approximate surface area is 290 Å². The van der Waals surface area contributed by atoms with Crippen molar-refractivity contribution >= 4 is 38.3 Å². The van der Waals surface area contributed by atoms with Gasteiger partial charge < -0.3 is 27.1 Å². The molecule has 0 fully saturated rings. The van der Waals surface area contributed by atoms with Crippen LogP contribution in [-0.4, -0.2) is 17.2 Å². The van der Waals surface area contributed by atoms with Crippen LogP contribution in [0.3, 0.4) is 0 Å². The molecule has 5 rings (SSSR count). The minimum Gasteiger partial charge on any atom is -0.405 e. The van der Waals surface area contributed by atoms with Gasteiger partial charge in [-0.25, -0.2) is 0 Å². The standard InChI is InChI=1S/C44H47N5/c1-6-41(32(5)14-12-26-46)48-42(7-2)35-21-23-37-34(29-35)20-24-39-38-22-19-33(18-17-30(3)27-40(47)31(4)13-11-25-45)28-43(38)49(44(37)39)36-15-9-8-10-16-36/h6-17,19-24,26-29,41,48H,1,4,18,25,45-47H2,2-3,5H3/b13-11-,26-12-,30-17-,32-14+,40-27-,42-7-. The molecule has 5 nitrogen and oxygen atoms in total. The Bertz CT molecular complexity index is 2180. The number of fused-ring (bicyclic) bond motifs is 5. The van der Waals surface area contributed by atoms with Crippen LogP contribution in [-0.2, 0) is 6.42 Å². The summed E-state index contributed by atoms with van der Waals surface area (Å²) in [6, 6.07) is 28.6. The van der Waals surface area contributed by atoms with Gasteiger partial charge >= 0.3 is 0 Å². The Morgan fingerprint density at radius 2 is 1.71 bits per heavy atom. The van der Waals surface area contributed by atoms with Crippen LogP contribution < -0.4 is 22.5 Å². The van der Waals surface area contributed by atoms with E-state index in [1.807, 2.05) is 36.5 Å². The fourth-order valence-corrected chi connectivity index (χ4v) is 6.17. The Morgan fingerprint density at radius 3 is 2.43 bits per heavy atom. The summed E-state index contributed by atoms with van der Waals surface area (Å²) in [5, 5.41) is 8.47. The van der Waals surface area contributed by atoms with Gasteiger partial charge in [0.25, 0.3) is 0 Å². The molecule has 0 aliphatic carbocycles. The van der Waals surface area contributed by atoms with Crippen LogP contribution in [0.5, 0.6) is 0 Å². The molecule has 0 saturated heterocycles. The Kier molecular flexibility index (Phi) is 11.2. The number of nitrogens with one attached hydrogen (secondary N) is 1. The number of rotatable bonds is 13. The van der Waals surface area contributed by atoms with Crippen molar-refractivity contribution in [2.75, 3.05) is 6.54 Å². The predicted molar refractivity (Wildman–Crippen MR) is 213 cm³/mol. The highest BCUT2D eigenvalue weighted by atomic mass is 15.0. The van der Waals surface area contributed by atoms with Crippen LogP contribution in [0.25, 0.3) is 44.0 Å². The molecule has 7 N–H and O–H groups in total. The highest BCUT2D eigenvalue weighted by Gasteiger charge is 2.17. The Hall–Kier alpha value is -5.78. The molecule has 49 heavy (non-hydrogen) atoms. The van der Waals surface area contributed by atoms with Gasteiger partial charge in [0, 0.05) is 39.8 Å². The summed E-state index contributed by atoms with van der Waals surface area (Å²) in [5.41, 5.74) is 27.9. The van der Waals surface area contributed by atoms with Crippen molar-refractivity contribution in [3.8, 4) is 5.69 Å². The molecule has 0 amide bonds. The molecule has 0 radical (unpaired) electrons. The van der Waals surface area contributed by atoms with Gasteiger partial charge in [-0.15, -0.1) is 6.58 Å². The molecule has 248 valence electrons. The fraction of sp³-hybridized carbons (Fsp3) is 0.136. The van der Waals surface area contributed by atoms with Crippen LogP contribution in [0, 0.1) is 0 Å². The minimum absolute atomic E-state index is 0.0275. The highest BCUT2D eigenvalue weighted by molar-refractivity contribution is 6.18. The average molecular weight is 646 g/mol. The van der Waals surface area contributed by atoms with Gasteiger partial charge in [-0.05, 0) is 97.5 Å². The zero-order valence-electron chi connectivity index (χ0n) is 28.8. The van der Waals surface area contributed by atoms with E-state index in [4.69, 9.17) is 17.2 Å². The van der Waals surface area contributed by atoms with Crippen molar-refractivity contribution < 1.29 is 0 Å². The zero-order valence-corrected chi connectivity index (χ0v) is 28.8.